The van der Waals surface area contributed by atoms with E-state index in [1.807, 2.05) is 0 Å². The van der Waals surface area contributed by atoms with Gasteiger partial charge in [0.2, 0.25) is 0 Å². The van der Waals surface area contributed by atoms with Gasteiger partial charge in [0, 0.05) is 12.6 Å². The summed E-state index contributed by atoms with van der Waals surface area (Å²) in [6.07, 6.45) is 0. The molecular formula is C10H13NO3. The molecule has 0 aromatic heterocycles. The predicted molar refractivity (Wildman–Crippen MR) is 51.3 cm³/mol. The maximum absolute atomic E-state index is 9.30. The fourth-order valence-corrected chi connectivity index (χ4v) is 1.60. The molecule has 1 aromatic carbocycles. The largest absolute Gasteiger partial charge is 0.508 e. The molecule has 1 saturated heterocycles. The van der Waals surface area contributed by atoms with Crippen molar-refractivity contribution in [2.45, 2.75) is 6.04 Å². The third-order valence-corrected chi connectivity index (χ3v) is 2.25. The van der Waals surface area contributed by atoms with Crippen LogP contribution in [0, 0.1) is 0 Å². The summed E-state index contributed by atoms with van der Waals surface area (Å²) in [5.41, 5.74) is 0.849. The number of hydrogen-bond donors (Lipinski definition) is 3. The minimum absolute atomic E-state index is 0.0572. The molecule has 0 bridgehead atoms. The first-order valence-corrected chi connectivity index (χ1v) is 4.60. The van der Waals surface area contributed by atoms with Crippen LogP contribution in [-0.4, -0.2) is 30.0 Å². The summed E-state index contributed by atoms with van der Waals surface area (Å²) >= 11 is 0. The first-order chi connectivity index (χ1) is 6.75. The predicted octanol–water partition coefficient (Wildman–Crippen LogP) is 0.759. The molecule has 1 aromatic rings. The molecule has 4 heteroatoms. The van der Waals surface area contributed by atoms with E-state index < -0.39 is 0 Å². The normalized spacial score (nSPS) is 22.1. The third-order valence-electron chi connectivity index (χ3n) is 2.25. The third kappa shape index (κ3) is 1.97. The second-order valence-corrected chi connectivity index (χ2v) is 3.36. The Hall–Kier alpha value is -1.26. The molecule has 1 heterocycles. The number of hydrogen-bond acceptors (Lipinski definition) is 4. The van der Waals surface area contributed by atoms with Crippen LogP contribution in [0.1, 0.15) is 11.6 Å². The van der Waals surface area contributed by atoms with Crippen molar-refractivity contribution in [1.82, 2.24) is 5.32 Å². The lowest BCUT2D eigenvalue weighted by molar-refractivity contribution is 0.0767. The maximum atomic E-state index is 9.30. The van der Waals surface area contributed by atoms with E-state index in [4.69, 9.17) is 4.74 Å². The molecule has 1 atom stereocenters. The fourth-order valence-electron chi connectivity index (χ4n) is 1.60. The lowest BCUT2D eigenvalue weighted by Gasteiger charge is -2.24. The molecule has 14 heavy (non-hydrogen) atoms. The summed E-state index contributed by atoms with van der Waals surface area (Å²) in [6.45, 7) is 2.07. The molecule has 0 radical (unpaired) electrons. The summed E-state index contributed by atoms with van der Waals surface area (Å²) in [6, 6.07) is 4.63. The minimum atomic E-state index is 0.0572. The number of ether oxygens (including phenoxy) is 1. The number of morpholine rings is 1. The van der Waals surface area contributed by atoms with Crippen LogP contribution >= 0.6 is 0 Å². The van der Waals surface area contributed by atoms with Crippen molar-refractivity contribution in [1.29, 1.82) is 0 Å². The topological polar surface area (TPSA) is 61.7 Å². The first kappa shape index (κ1) is 9.30. The van der Waals surface area contributed by atoms with Crippen molar-refractivity contribution in [2.75, 3.05) is 19.8 Å². The quantitative estimate of drug-likeness (QED) is 0.619. The lowest BCUT2D eigenvalue weighted by atomic mass is 10.1. The van der Waals surface area contributed by atoms with Crippen LogP contribution in [0.2, 0.25) is 0 Å². The smallest absolute Gasteiger partial charge is 0.119 e. The Morgan fingerprint density at radius 2 is 1.93 bits per heavy atom. The van der Waals surface area contributed by atoms with E-state index in [1.54, 1.807) is 12.1 Å². The summed E-state index contributed by atoms with van der Waals surface area (Å²) in [5, 5.41) is 21.8. The van der Waals surface area contributed by atoms with E-state index >= 15 is 0 Å². The van der Waals surface area contributed by atoms with Crippen LogP contribution in [0.25, 0.3) is 0 Å². The van der Waals surface area contributed by atoms with Gasteiger partial charge in [-0.3, -0.25) is 0 Å². The van der Waals surface area contributed by atoms with E-state index in [9.17, 15) is 10.2 Å². The average Bonchev–Trinajstić information content (AvgIpc) is 2.18. The number of benzene rings is 1. The van der Waals surface area contributed by atoms with E-state index in [0.717, 1.165) is 12.1 Å². The molecule has 0 unspecified atom stereocenters. The van der Waals surface area contributed by atoms with Gasteiger partial charge >= 0.3 is 0 Å². The molecule has 3 N–H and O–H groups in total. The highest BCUT2D eigenvalue weighted by atomic mass is 16.5. The Morgan fingerprint density at radius 1 is 1.21 bits per heavy atom. The van der Waals surface area contributed by atoms with Crippen molar-refractivity contribution in [3.63, 3.8) is 0 Å². The van der Waals surface area contributed by atoms with E-state index in [2.05, 4.69) is 5.32 Å². The lowest BCUT2D eigenvalue weighted by Crippen LogP contribution is -2.34. The Balaban J connectivity index is 2.21. The number of nitrogens with one attached hydrogen (secondary N) is 1. The zero-order valence-corrected chi connectivity index (χ0v) is 7.73. The number of phenols is 2. The Kier molecular flexibility index (Phi) is 2.56. The van der Waals surface area contributed by atoms with Crippen molar-refractivity contribution in [3.8, 4) is 11.5 Å². The highest BCUT2D eigenvalue weighted by Crippen LogP contribution is 2.25. The molecule has 0 spiro atoms. The van der Waals surface area contributed by atoms with Crippen molar-refractivity contribution in [2.24, 2.45) is 0 Å². The van der Waals surface area contributed by atoms with Crippen molar-refractivity contribution >= 4 is 0 Å². The molecule has 0 aliphatic carbocycles. The molecule has 0 saturated carbocycles. The fraction of sp³-hybridized carbons (Fsp3) is 0.400. The van der Waals surface area contributed by atoms with E-state index in [-0.39, 0.29) is 17.5 Å². The van der Waals surface area contributed by atoms with Crippen LogP contribution in [0.4, 0.5) is 0 Å². The van der Waals surface area contributed by atoms with Gasteiger partial charge < -0.3 is 20.3 Å². The van der Waals surface area contributed by atoms with Crippen LogP contribution < -0.4 is 5.32 Å². The molecular weight excluding hydrogens is 182 g/mol. The summed E-state index contributed by atoms with van der Waals surface area (Å²) < 4.78 is 5.29. The molecule has 1 fully saturated rings. The maximum Gasteiger partial charge on any atom is 0.119 e. The summed E-state index contributed by atoms with van der Waals surface area (Å²) in [4.78, 5) is 0. The van der Waals surface area contributed by atoms with Gasteiger partial charge in [0.05, 0.1) is 19.3 Å². The Morgan fingerprint density at radius 3 is 2.50 bits per heavy atom. The summed E-state index contributed by atoms with van der Waals surface area (Å²) in [7, 11) is 0. The second-order valence-electron chi connectivity index (χ2n) is 3.36. The molecule has 0 amide bonds. The van der Waals surface area contributed by atoms with E-state index in [0.29, 0.717) is 13.2 Å². The number of phenolic OH excluding ortho intramolecular Hbond substituents is 2. The molecule has 1 aliphatic rings. The zero-order valence-electron chi connectivity index (χ0n) is 7.73. The number of aromatic hydroxyl groups is 2. The molecule has 2 rings (SSSR count). The first-order valence-electron chi connectivity index (χ1n) is 4.60. The van der Waals surface area contributed by atoms with Crippen LogP contribution in [0.5, 0.6) is 11.5 Å². The second kappa shape index (κ2) is 3.86. The van der Waals surface area contributed by atoms with Gasteiger partial charge in [-0.2, -0.15) is 0 Å². The highest BCUT2D eigenvalue weighted by Gasteiger charge is 2.16. The average molecular weight is 195 g/mol. The molecule has 1 aliphatic heterocycles. The minimum Gasteiger partial charge on any atom is -0.508 e. The standard InChI is InChI=1S/C10H13NO3/c12-8-3-7(4-9(13)5-8)10-6-14-2-1-11-10/h3-5,10-13H,1-2,6H2/t10-/m1/s1. The van der Waals surface area contributed by atoms with Gasteiger partial charge in [0.25, 0.3) is 0 Å². The van der Waals surface area contributed by atoms with Gasteiger partial charge in [-0.1, -0.05) is 0 Å². The van der Waals surface area contributed by atoms with Crippen molar-refractivity contribution < 1.29 is 14.9 Å². The van der Waals surface area contributed by atoms with Gasteiger partial charge in [-0.05, 0) is 17.7 Å². The van der Waals surface area contributed by atoms with Crippen LogP contribution in [0.15, 0.2) is 18.2 Å². The van der Waals surface area contributed by atoms with Crippen molar-refractivity contribution in [3.05, 3.63) is 23.8 Å². The van der Waals surface area contributed by atoms with E-state index in [1.165, 1.54) is 6.07 Å². The number of rotatable bonds is 1. The Bertz CT molecular complexity index is 301. The highest BCUT2D eigenvalue weighted by molar-refractivity contribution is 5.38. The van der Waals surface area contributed by atoms with Gasteiger partial charge in [-0.25, -0.2) is 0 Å². The van der Waals surface area contributed by atoms with Gasteiger partial charge in [-0.15, -0.1) is 0 Å². The summed E-state index contributed by atoms with van der Waals surface area (Å²) in [5.74, 6) is 0.153. The molecule has 4 nitrogen and oxygen atoms in total. The Labute approximate surface area is 82.1 Å². The zero-order chi connectivity index (χ0) is 9.97. The van der Waals surface area contributed by atoms with Crippen LogP contribution in [0.3, 0.4) is 0 Å². The molecule has 76 valence electrons. The van der Waals surface area contributed by atoms with Gasteiger partial charge in [0.1, 0.15) is 11.5 Å². The monoisotopic (exact) mass is 195 g/mol. The SMILES string of the molecule is Oc1cc(O)cc([C@H]2COCCN2)c1. The van der Waals surface area contributed by atoms with Gasteiger partial charge in [0.15, 0.2) is 0 Å². The van der Waals surface area contributed by atoms with Crippen LogP contribution in [-0.2, 0) is 4.74 Å².